The zero-order valence-electron chi connectivity index (χ0n) is 17.4. The van der Waals surface area contributed by atoms with Gasteiger partial charge in [0.1, 0.15) is 5.82 Å². The van der Waals surface area contributed by atoms with Crippen LogP contribution in [0.15, 0.2) is 36.7 Å². The highest BCUT2D eigenvalue weighted by Gasteiger charge is 2.46. The Hall–Kier alpha value is -2.78. The van der Waals surface area contributed by atoms with E-state index >= 15 is 0 Å². The number of nitrogens with one attached hydrogen (secondary N) is 2. The molecule has 0 spiro atoms. The molecule has 4 heterocycles. The topological polar surface area (TPSA) is 70.2 Å². The second kappa shape index (κ2) is 8.53. The molecule has 2 N–H and O–H groups in total. The third kappa shape index (κ3) is 4.04. The number of anilines is 2. The van der Waals surface area contributed by atoms with E-state index in [2.05, 4.69) is 20.6 Å². The summed E-state index contributed by atoms with van der Waals surface area (Å²) in [4.78, 5) is 22.7. The summed E-state index contributed by atoms with van der Waals surface area (Å²) >= 11 is 6.25. The number of alkyl halides is 3. The minimum atomic E-state index is -4.54. The average Bonchev–Trinajstić information content (AvgIpc) is 2.89. The number of hydrogen-bond donors (Lipinski definition) is 2. The number of rotatable bonds is 2. The van der Waals surface area contributed by atoms with Gasteiger partial charge in [0.2, 0.25) is 0 Å². The number of benzene rings is 1. The first-order valence-corrected chi connectivity index (χ1v) is 10.6. The second-order valence-electron chi connectivity index (χ2n) is 8.05. The molecule has 2 bridgehead atoms. The molecule has 1 fully saturated rings. The van der Waals surface area contributed by atoms with Gasteiger partial charge < -0.3 is 15.5 Å². The molecular weight excluding hydrogens is 478 g/mol. The lowest BCUT2D eigenvalue weighted by Gasteiger charge is -2.36. The van der Waals surface area contributed by atoms with Gasteiger partial charge in [-0.3, -0.25) is 4.98 Å². The molecule has 1 saturated heterocycles. The van der Waals surface area contributed by atoms with Crippen LogP contribution in [0.1, 0.15) is 35.7 Å². The average molecular weight is 498 g/mol. The van der Waals surface area contributed by atoms with E-state index in [0.717, 1.165) is 22.7 Å². The summed E-state index contributed by atoms with van der Waals surface area (Å²) in [5.41, 5.74) is 0.728. The van der Waals surface area contributed by atoms with Crippen molar-refractivity contribution >= 4 is 52.3 Å². The number of amides is 2. The third-order valence-electron chi connectivity index (χ3n) is 6.14. The van der Waals surface area contributed by atoms with E-state index in [9.17, 15) is 18.0 Å². The van der Waals surface area contributed by atoms with Crippen molar-refractivity contribution in [3.05, 3.63) is 58.5 Å². The van der Waals surface area contributed by atoms with E-state index < -0.39 is 23.8 Å². The number of halogens is 5. The molecular formula is C22H20Cl2F3N5O. The Morgan fingerprint density at radius 3 is 2.76 bits per heavy atom. The first-order valence-electron chi connectivity index (χ1n) is 10.2. The molecule has 2 aromatic heterocycles. The van der Waals surface area contributed by atoms with Crippen molar-refractivity contribution in [1.82, 2.24) is 15.3 Å². The molecule has 2 aliphatic heterocycles. The lowest BCUT2D eigenvalue weighted by molar-refractivity contribution is -0.138. The molecule has 2 aliphatic rings. The van der Waals surface area contributed by atoms with E-state index in [1.54, 1.807) is 17.2 Å². The van der Waals surface area contributed by atoms with Crippen molar-refractivity contribution in [2.24, 2.45) is 0 Å². The van der Waals surface area contributed by atoms with Crippen molar-refractivity contribution in [2.45, 2.75) is 38.0 Å². The van der Waals surface area contributed by atoms with Gasteiger partial charge in [-0.25, -0.2) is 9.78 Å². The number of piperidine rings is 1. The normalized spacial score (nSPS) is 19.1. The summed E-state index contributed by atoms with van der Waals surface area (Å²) in [7, 11) is 0. The Kier molecular flexibility index (Phi) is 6.05. The van der Waals surface area contributed by atoms with Crippen molar-refractivity contribution in [2.75, 3.05) is 16.8 Å². The van der Waals surface area contributed by atoms with Crippen LogP contribution in [0, 0.1) is 6.92 Å². The summed E-state index contributed by atoms with van der Waals surface area (Å²) in [6.45, 7) is 2.35. The smallest absolute Gasteiger partial charge is 0.348 e. The summed E-state index contributed by atoms with van der Waals surface area (Å²) in [6, 6.07) is 6.12. The number of carbonyl (C=O) groups excluding carboxylic acids is 1. The van der Waals surface area contributed by atoms with Gasteiger partial charge in [0.05, 0.1) is 22.3 Å². The molecule has 3 aromatic rings. The minimum absolute atomic E-state index is 0. The fraction of sp³-hybridized carbons (Fsp3) is 0.318. The van der Waals surface area contributed by atoms with Crippen LogP contribution < -0.4 is 15.5 Å². The molecule has 174 valence electrons. The monoisotopic (exact) mass is 497 g/mol. The highest BCUT2D eigenvalue weighted by molar-refractivity contribution is 6.34. The molecule has 5 rings (SSSR count). The Morgan fingerprint density at radius 2 is 2.00 bits per heavy atom. The number of fused-ring (bicyclic) bond motifs is 6. The molecule has 2 unspecified atom stereocenters. The van der Waals surface area contributed by atoms with Crippen LogP contribution >= 0.6 is 24.0 Å². The van der Waals surface area contributed by atoms with Crippen LogP contribution in [0.3, 0.4) is 0 Å². The van der Waals surface area contributed by atoms with Crippen LogP contribution in [0.2, 0.25) is 5.02 Å². The SMILES string of the molecule is Cc1nccc2c(NC(=O)NC3CCN4c5ncc(C(F)(F)F)c(c5Cl)C4C3)cccc12.Cl. The van der Waals surface area contributed by atoms with Gasteiger partial charge in [0.25, 0.3) is 0 Å². The van der Waals surface area contributed by atoms with Crippen molar-refractivity contribution in [3.63, 3.8) is 0 Å². The van der Waals surface area contributed by atoms with Crippen LogP contribution in [-0.2, 0) is 6.18 Å². The van der Waals surface area contributed by atoms with Crippen LogP contribution in [0.5, 0.6) is 0 Å². The largest absolute Gasteiger partial charge is 0.418 e. The van der Waals surface area contributed by atoms with Gasteiger partial charge in [-0.2, -0.15) is 13.2 Å². The molecule has 11 heteroatoms. The Labute approximate surface area is 198 Å². The zero-order chi connectivity index (χ0) is 22.6. The summed E-state index contributed by atoms with van der Waals surface area (Å²) < 4.78 is 40.5. The molecule has 0 radical (unpaired) electrons. The van der Waals surface area contributed by atoms with E-state index in [4.69, 9.17) is 11.6 Å². The zero-order valence-corrected chi connectivity index (χ0v) is 19.0. The van der Waals surface area contributed by atoms with Gasteiger partial charge in [-0.1, -0.05) is 23.7 Å². The summed E-state index contributed by atoms with van der Waals surface area (Å²) in [5.74, 6) is 0.377. The van der Waals surface area contributed by atoms with Crippen molar-refractivity contribution < 1.29 is 18.0 Å². The molecule has 0 aliphatic carbocycles. The fourth-order valence-corrected chi connectivity index (χ4v) is 5.06. The maximum atomic E-state index is 13.5. The lowest BCUT2D eigenvalue weighted by atomic mass is 9.93. The number of urea groups is 1. The van der Waals surface area contributed by atoms with Gasteiger partial charge >= 0.3 is 12.2 Å². The maximum absolute atomic E-state index is 13.5. The highest BCUT2D eigenvalue weighted by Crippen LogP contribution is 2.51. The number of aryl methyl sites for hydroxylation is 1. The van der Waals surface area contributed by atoms with Crippen LogP contribution in [0.25, 0.3) is 10.8 Å². The Morgan fingerprint density at radius 1 is 1.21 bits per heavy atom. The second-order valence-corrected chi connectivity index (χ2v) is 8.42. The summed E-state index contributed by atoms with van der Waals surface area (Å²) in [6.07, 6.45) is -1.13. The van der Waals surface area contributed by atoms with Crippen molar-refractivity contribution in [3.8, 4) is 0 Å². The molecule has 1 aromatic carbocycles. The Balaban J connectivity index is 0.00000259. The number of carbonyl (C=O) groups is 1. The maximum Gasteiger partial charge on any atom is 0.418 e. The quantitative estimate of drug-likeness (QED) is 0.463. The van der Waals surface area contributed by atoms with Gasteiger partial charge in [-0.05, 0) is 31.9 Å². The number of aromatic nitrogens is 2. The summed E-state index contributed by atoms with van der Waals surface area (Å²) in [5, 5.41) is 7.62. The van der Waals surface area contributed by atoms with Crippen molar-refractivity contribution in [1.29, 1.82) is 0 Å². The fourth-order valence-electron chi connectivity index (χ4n) is 4.67. The lowest BCUT2D eigenvalue weighted by Crippen LogP contribution is -2.46. The van der Waals surface area contributed by atoms with Gasteiger partial charge in [0.15, 0.2) is 0 Å². The third-order valence-corrected chi connectivity index (χ3v) is 6.51. The number of pyridine rings is 2. The molecule has 2 amide bonds. The predicted molar refractivity (Wildman–Crippen MR) is 123 cm³/mol. The first-order chi connectivity index (χ1) is 15.2. The standard InChI is InChI=1S/C22H19ClF3N5O.ClH/c1-11-13-3-2-4-16(14(13)5-7-27-11)30-21(32)29-12-6-8-31-17(9-12)18-15(22(24,25)26)10-28-20(31)19(18)23;/h2-5,7,10,12,17H,6,8-9H2,1H3,(H2,29,30,32);1H. The molecule has 0 saturated carbocycles. The van der Waals surface area contributed by atoms with E-state index in [1.807, 2.05) is 25.1 Å². The van der Waals surface area contributed by atoms with Crippen LogP contribution in [-0.4, -0.2) is 28.6 Å². The van der Waals surface area contributed by atoms with Gasteiger partial charge in [0, 0.05) is 47.0 Å². The highest BCUT2D eigenvalue weighted by atomic mass is 35.5. The Bertz CT molecular complexity index is 1240. The van der Waals surface area contributed by atoms with E-state index in [-0.39, 0.29) is 29.0 Å². The predicted octanol–water partition coefficient (Wildman–Crippen LogP) is 5.88. The first kappa shape index (κ1) is 23.4. The molecule has 6 nitrogen and oxygen atoms in total. The van der Waals surface area contributed by atoms with Crippen LogP contribution in [0.4, 0.5) is 29.5 Å². The molecule has 2 atom stereocenters. The van der Waals surface area contributed by atoms with E-state index in [1.165, 1.54) is 0 Å². The van der Waals surface area contributed by atoms with Gasteiger partial charge in [-0.15, -0.1) is 12.4 Å². The minimum Gasteiger partial charge on any atom is -0.348 e. The number of nitrogens with zero attached hydrogens (tertiary/aromatic N) is 3. The molecule has 33 heavy (non-hydrogen) atoms. The number of hydrogen-bond acceptors (Lipinski definition) is 4. The van der Waals surface area contributed by atoms with E-state index in [0.29, 0.717) is 30.9 Å².